The van der Waals surface area contributed by atoms with Gasteiger partial charge in [0.25, 0.3) is 6.43 Å². The van der Waals surface area contributed by atoms with Crippen molar-refractivity contribution in [3.63, 3.8) is 0 Å². The summed E-state index contributed by atoms with van der Waals surface area (Å²) in [6.45, 7) is 0.426. The fourth-order valence-corrected chi connectivity index (χ4v) is 4.28. The van der Waals surface area contributed by atoms with E-state index in [-0.39, 0.29) is 5.56 Å². The lowest BCUT2D eigenvalue weighted by atomic mass is 10.1. The van der Waals surface area contributed by atoms with Crippen molar-refractivity contribution in [1.82, 2.24) is 35.0 Å². The number of fused-ring (bicyclic) bond motifs is 2. The van der Waals surface area contributed by atoms with Gasteiger partial charge in [0, 0.05) is 22.7 Å². The Kier molecular flexibility index (Phi) is 4.84. The molecule has 0 fully saturated rings. The summed E-state index contributed by atoms with van der Waals surface area (Å²) in [5, 5.41) is 21.5. The molecule has 0 atom stereocenters. The summed E-state index contributed by atoms with van der Waals surface area (Å²) >= 11 is 6.58. The van der Waals surface area contributed by atoms with Crippen molar-refractivity contribution in [3.8, 4) is 16.9 Å². The monoisotopic (exact) mass is 475 g/mol. The predicted octanol–water partition coefficient (Wildman–Crippen LogP) is 5.80. The van der Waals surface area contributed by atoms with E-state index in [9.17, 15) is 8.78 Å². The Labute approximate surface area is 196 Å². The van der Waals surface area contributed by atoms with Crippen molar-refractivity contribution in [3.05, 3.63) is 89.2 Å². The second kappa shape index (κ2) is 8.03. The van der Waals surface area contributed by atoms with Gasteiger partial charge >= 0.3 is 0 Å². The van der Waals surface area contributed by atoms with Gasteiger partial charge in [0.05, 0.1) is 40.2 Å². The van der Waals surface area contributed by atoms with Gasteiger partial charge in [-0.15, -0.1) is 5.10 Å². The fraction of sp³-hybridized carbons (Fsp3) is 0.0833. The highest BCUT2D eigenvalue weighted by Crippen LogP contribution is 2.31. The summed E-state index contributed by atoms with van der Waals surface area (Å²) in [5.41, 5.74) is 5.57. The summed E-state index contributed by atoms with van der Waals surface area (Å²) in [6.07, 6.45) is 0.967. The Bertz CT molecular complexity index is 1630. The molecule has 0 bridgehead atoms. The molecule has 0 aliphatic rings. The maximum Gasteiger partial charge on any atom is 0.263 e. The summed E-state index contributed by atoms with van der Waals surface area (Å²) in [5.74, 6) is 0. The molecule has 3 heterocycles. The highest BCUT2D eigenvalue weighted by molar-refractivity contribution is 6.35. The van der Waals surface area contributed by atoms with Gasteiger partial charge in [0.15, 0.2) is 0 Å². The minimum absolute atomic E-state index is 0.00393. The third kappa shape index (κ3) is 3.50. The smallest absolute Gasteiger partial charge is 0.263 e. The van der Waals surface area contributed by atoms with Crippen molar-refractivity contribution in [1.29, 1.82) is 0 Å². The number of hydrogen-bond donors (Lipinski definition) is 1. The number of aromatic amines is 1. The molecule has 6 aromatic rings. The number of nitrogens with zero attached hydrogens (tertiary/aromatic N) is 6. The second-order valence-corrected chi connectivity index (χ2v) is 8.29. The quantitative estimate of drug-likeness (QED) is 0.342. The van der Waals surface area contributed by atoms with Crippen LogP contribution in [-0.2, 0) is 6.54 Å². The predicted molar refractivity (Wildman–Crippen MR) is 125 cm³/mol. The molecule has 7 nitrogen and oxygen atoms in total. The SMILES string of the molecule is FC(F)c1ccc(Cn2nccc2-c2cc(Cl)c3nnn(-c4ccc5cn[nH]c5c4)c3c2)cc1. The summed E-state index contributed by atoms with van der Waals surface area (Å²) in [7, 11) is 0. The highest BCUT2D eigenvalue weighted by atomic mass is 35.5. The number of H-pyrrole nitrogens is 1. The van der Waals surface area contributed by atoms with Gasteiger partial charge in [-0.1, -0.05) is 41.1 Å². The second-order valence-electron chi connectivity index (χ2n) is 7.88. The van der Waals surface area contributed by atoms with Crippen molar-refractivity contribution >= 4 is 33.5 Å². The Morgan fingerprint density at radius 1 is 1.00 bits per heavy atom. The van der Waals surface area contributed by atoms with Crippen LogP contribution in [0.2, 0.25) is 5.02 Å². The van der Waals surface area contributed by atoms with E-state index in [0.717, 1.165) is 38.9 Å². The zero-order chi connectivity index (χ0) is 23.2. The first-order valence-electron chi connectivity index (χ1n) is 10.4. The number of alkyl halides is 2. The third-order valence-corrected chi connectivity index (χ3v) is 6.04. The molecule has 0 aliphatic heterocycles. The number of rotatable bonds is 5. The van der Waals surface area contributed by atoms with Gasteiger partial charge in [-0.25, -0.2) is 13.5 Å². The molecule has 10 heteroatoms. The van der Waals surface area contributed by atoms with Crippen LogP contribution in [0.4, 0.5) is 8.78 Å². The fourth-order valence-electron chi connectivity index (χ4n) is 4.02. The van der Waals surface area contributed by atoms with Gasteiger partial charge in [0.1, 0.15) is 5.52 Å². The van der Waals surface area contributed by atoms with E-state index in [1.165, 1.54) is 12.1 Å². The first-order chi connectivity index (χ1) is 16.6. The molecule has 3 aromatic heterocycles. The van der Waals surface area contributed by atoms with Gasteiger partial charge in [-0.05, 0) is 42.0 Å². The molecule has 0 saturated heterocycles. The number of benzene rings is 3. The number of aromatic nitrogens is 7. The summed E-state index contributed by atoms with van der Waals surface area (Å²) in [6, 6.07) is 17.8. The van der Waals surface area contributed by atoms with Crippen molar-refractivity contribution < 1.29 is 8.78 Å². The van der Waals surface area contributed by atoms with E-state index in [1.807, 2.05) is 36.4 Å². The standard InChI is InChI=1S/C24H16ClF2N7/c25-19-9-17(21-7-8-29-33(21)13-14-1-3-15(4-2-14)24(26)27)10-22-23(19)31-32-34(22)18-6-5-16-12-28-30-20(16)11-18/h1-12,24H,13H2,(H,28,30). The summed E-state index contributed by atoms with van der Waals surface area (Å²) < 4.78 is 29.3. The Morgan fingerprint density at radius 2 is 1.85 bits per heavy atom. The maximum atomic E-state index is 12.9. The van der Waals surface area contributed by atoms with Crippen LogP contribution in [-0.4, -0.2) is 35.0 Å². The lowest BCUT2D eigenvalue weighted by Crippen LogP contribution is -2.04. The summed E-state index contributed by atoms with van der Waals surface area (Å²) in [4.78, 5) is 0. The van der Waals surface area contributed by atoms with E-state index in [1.54, 1.807) is 33.9 Å². The molecule has 168 valence electrons. The number of halogens is 3. The van der Waals surface area contributed by atoms with E-state index < -0.39 is 6.43 Å². The Hall–Kier alpha value is -4.11. The molecular formula is C24H16ClF2N7. The molecule has 0 saturated carbocycles. The Balaban J connectivity index is 1.40. The van der Waals surface area contributed by atoms with Gasteiger partial charge in [0.2, 0.25) is 0 Å². The first kappa shape index (κ1) is 20.5. The van der Waals surface area contributed by atoms with Crippen LogP contribution in [0.15, 0.2) is 73.1 Å². The highest BCUT2D eigenvalue weighted by Gasteiger charge is 2.16. The molecule has 0 spiro atoms. The van der Waals surface area contributed by atoms with Crippen LogP contribution in [0.3, 0.4) is 0 Å². The number of nitrogens with one attached hydrogen (secondary N) is 1. The van der Waals surface area contributed by atoms with Crippen molar-refractivity contribution in [2.75, 3.05) is 0 Å². The van der Waals surface area contributed by atoms with Crippen LogP contribution in [0.5, 0.6) is 0 Å². The molecule has 0 amide bonds. The van der Waals surface area contributed by atoms with Crippen molar-refractivity contribution in [2.24, 2.45) is 0 Å². The van der Waals surface area contributed by atoms with E-state index in [2.05, 4.69) is 25.6 Å². The molecule has 3 aromatic carbocycles. The molecule has 0 unspecified atom stereocenters. The van der Waals surface area contributed by atoms with Gasteiger partial charge < -0.3 is 0 Å². The van der Waals surface area contributed by atoms with E-state index in [0.29, 0.717) is 17.1 Å². The molecule has 1 N–H and O–H groups in total. The molecule has 34 heavy (non-hydrogen) atoms. The molecule has 0 radical (unpaired) electrons. The molecule has 0 aliphatic carbocycles. The van der Waals surface area contributed by atoms with E-state index in [4.69, 9.17) is 11.6 Å². The minimum Gasteiger partial charge on any atom is -0.278 e. The normalized spacial score (nSPS) is 11.8. The Morgan fingerprint density at radius 3 is 2.68 bits per heavy atom. The first-order valence-corrected chi connectivity index (χ1v) is 10.8. The molecular weight excluding hydrogens is 460 g/mol. The van der Waals surface area contributed by atoms with Crippen LogP contribution >= 0.6 is 11.6 Å². The van der Waals surface area contributed by atoms with Crippen molar-refractivity contribution in [2.45, 2.75) is 13.0 Å². The molecule has 6 rings (SSSR count). The van der Waals surface area contributed by atoms with Gasteiger partial charge in [-0.3, -0.25) is 9.78 Å². The average molecular weight is 476 g/mol. The minimum atomic E-state index is -2.49. The van der Waals surface area contributed by atoms with Crippen LogP contribution in [0.1, 0.15) is 17.6 Å². The zero-order valence-electron chi connectivity index (χ0n) is 17.5. The van der Waals surface area contributed by atoms with Gasteiger partial charge in [-0.2, -0.15) is 10.2 Å². The topological polar surface area (TPSA) is 77.2 Å². The lowest BCUT2D eigenvalue weighted by Gasteiger charge is -2.10. The van der Waals surface area contributed by atoms with Crippen LogP contribution in [0.25, 0.3) is 38.9 Å². The maximum absolute atomic E-state index is 12.9. The largest absolute Gasteiger partial charge is 0.278 e. The van der Waals surface area contributed by atoms with Crippen LogP contribution in [0, 0.1) is 0 Å². The van der Waals surface area contributed by atoms with E-state index >= 15 is 0 Å². The third-order valence-electron chi connectivity index (χ3n) is 5.75. The zero-order valence-corrected chi connectivity index (χ0v) is 18.3. The number of hydrogen-bond acceptors (Lipinski definition) is 4. The van der Waals surface area contributed by atoms with Crippen LogP contribution < -0.4 is 0 Å². The average Bonchev–Trinajstić information content (AvgIpc) is 3.58. The lowest BCUT2D eigenvalue weighted by molar-refractivity contribution is 0.151.